The Balaban J connectivity index is 1.85. The van der Waals surface area contributed by atoms with Crippen LogP contribution in [0.1, 0.15) is 11.1 Å². The summed E-state index contributed by atoms with van der Waals surface area (Å²) in [4.78, 5) is 11.6. The number of aryl methyl sites for hydroxylation is 1. The van der Waals surface area contributed by atoms with Crippen LogP contribution in [0.4, 0.5) is 0 Å². The molecule has 98 valence electrons. The van der Waals surface area contributed by atoms with E-state index < -0.39 is 0 Å². The number of nitrogens with zero attached hydrogens (tertiary/aromatic N) is 2. The van der Waals surface area contributed by atoms with Crippen LogP contribution in [-0.2, 0) is 18.4 Å². The zero-order valence-electron chi connectivity index (χ0n) is 10.5. The van der Waals surface area contributed by atoms with Crippen LogP contribution in [0.3, 0.4) is 0 Å². The first kappa shape index (κ1) is 13.4. The molecule has 0 saturated carbocycles. The third-order valence-electron chi connectivity index (χ3n) is 2.52. The first-order valence-corrected chi connectivity index (χ1v) is 6.20. The number of hydrogen-bond acceptors (Lipinski definition) is 2. The summed E-state index contributed by atoms with van der Waals surface area (Å²) in [5, 5.41) is 7.50. The first-order chi connectivity index (χ1) is 9.13. The number of carbonyl (C=O) groups is 1. The van der Waals surface area contributed by atoms with Gasteiger partial charge in [-0.25, -0.2) is 0 Å². The normalized spacial score (nSPS) is 10.8. The molecule has 5 heteroatoms. The second-order valence-corrected chi connectivity index (χ2v) is 4.56. The number of carbonyl (C=O) groups excluding carboxylic acids is 1. The van der Waals surface area contributed by atoms with Gasteiger partial charge in [0.1, 0.15) is 0 Å². The second-order valence-electron chi connectivity index (χ2n) is 4.12. The molecule has 1 aromatic carbocycles. The van der Waals surface area contributed by atoms with Gasteiger partial charge in [-0.15, -0.1) is 0 Å². The standard InChI is InChI=1S/C14H14ClN3O/c1-18-10-12(9-17-18)8-16-14(19)7-4-11-2-5-13(15)6-3-11/h2-7,9-10H,8H2,1H3,(H,16,19)/b7-4+. The van der Waals surface area contributed by atoms with Crippen molar-refractivity contribution in [1.29, 1.82) is 0 Å². The van der Waals surface area contributed by atoms with Gasteiger partial charge in [-0.05, 0) is 23.8 Å². The van der Waals surface area contributed by atoms with E-state index >= 15 is 0 Å². The van der Waals surface area contributed by atoms with E-state index in [1.807, 2.05) is 25.4 Å². The summed E-state index contributed by atoms with van der Waals surface area (Å²) < 4.78 is 1.70. The highest BCUT2D eigenvalue weighted by Crippen LogP contribution is 2.10. The molecule has 4 nitrogen and oxygen atoms in total. The van der Waals surface area contributed by atoms with Crippen molar-refractivity contribution in [2.75, 3.05) is 0 Å². The van der Waals surface area contributed by atoms with E-state index in [4.69, 9.17) is 11.6 Å². The Kier molecular flexibility index (Phi) is 4.36. The molecule has 0 unspecified atom stereocenters. The van der Waals surface area contributed by atoms with Gasteiger partial charge in [0.15, 0.2) is 0 Å². The Morgan fingerprint density at radius 3 is 2.79 bits per heavy atom. The lowest BCUT2D eigenvalue weighted by Crippen LogP contribution is -2.19. The molecule has 0 aliphatic carbocycles. The summed E-state index contributed by atoms with van der Waals surface area (Å²) >= 11 is 5.78. The van der Waals surface area contributed by atoms with Crippen molar-refractivity contribution < 1.29 is 4.79 Å². The Bertz CT molecular complexity index is 587. The molecule has 0 spiro atoms. The van der Waals surface area contributed by atoms with Gasteiger partial charge in [-0.1, -0.05) is 23.7 Å². The number of rotatable bonds is 4. The van der Waals surface area contributed by atoms with Crippen LogP contribution in [0.5, 0.6) is 0 Å². The third-order valence-corrected chi connectivity index (χ3v) is 2.77. The van der Waals surface area contributed by atoms with E-state index in [0.29, 0.717) is 11.6 Å². The van der Waals surface area contributed by atoms with E-state index in [-0.39, 0.29) is 5.91 Å². The highest BCUT2D eigenvalue weighted by molar-refractivity contribution is 6.30. The maximum Gasteiger partial charge on any atom is 0.244 e. The molecule has 1 amide bonds. The smallest absolute Gasteiger partial charge is 0.244 e. The number of amides is 1. The van der Waals surface area contributed by atoms with Gasteiger partial charge in [0, 0.05) is 36.5 Å². The Labute approximate surface area is 116 Å². The van der Waals surface area contributed by atoms with Crippen LogP contribution in [0.15, 0.2) is 42.7 Å². The fourth-order valence-corrected chi connectivity index (χ4v) is 1.68. The minimum absolute atomic E-state index is 0.140. The predicted octanol–water partition coefficient (Wildman–Crippen LogP) is 2.40. The number of aromatic nitrogens is 2. The second kappa shape index (κ2) is 6.20. The molecule has 2 rings (SSSR count). The van der Waals surface area contributed by atoms with Crippen molar-refractivity contribution in [1.82, 2.24) is 15.1 Å². The molecular formula is C14H14ClN3O. The fraction of sp³-hybridized carbons (Fsp3) is 0.143. The average molecular weight is 276 g/mol. The third kappa shape index (κ3) is 4.26. The minimum atomic E-state index is -0.140. The highest BCUT2D eigenvalue weighted by Gasteiger charge is 1.98. The van der Waals surface area contributed by atoms with Crippen molar-refractivity contribution >= 4 is 23.6 Å². The highest BCUT2D eigenvalue weighted by atomic mass is 35.5. The van der Waals surface area contributed by atoms with Gasteiger partial charge in [-0.3, -0.25) is 9.48 Å². The maximum absolute atomic E-state index is 11.6. The summed E-state index contributed by atoms with van der Waals surface area (Å²) in [7, 11) is 1.84. The number of nitrogens with one attached hydrogen (secondary N) is 1. The Hall–Kier alpha value is -2.07. The molecule has 19 heavy (non-hydrogen) atoms. The fourth-order valence-electron chi connectivity index (χ4n) is 1.56. The van der Waals surface area contributed by atoms with E-state index in [9.17, 15) is 4.79 Å². The molecule has 0 aliphatic rings. The van der Waals surface area contributed by atoms with Gasteiger partial charge in [-0.2, -0.15) is 5.10 Å². The lowest BCUT2D eigenvalue weighted by atomic mass is 10.2. The summed E-state index contributed by atoms with van der Waals surface area (Å²) in [6, 6.07) is 7.28. The minimum Gasteiger partial charge on any atom is -0.348 e. The number of benzene rings is 1. The Morgan fingerprint density at radius 2 is 2.16 bits per heavy atom. The molecule has 0 bridgehead atoms. The lowest BCUT2D eigenvalue weighted by molar-refractivity contribution is -0.116. The van der Waals surface area contributed by atoms with Gasteiger partial charge >= 0.3 is 0 Å². The van der Waals surface area contributed by atoms with E-state index in [1.54, 1.807) is 29.1 Å². The van der Waals surface area contributed by atoms with Gasteiger partial charge in [0.25, 0.3) is 0 Å². The predicted molar refractivity (Wildman–Crippen MR) is 75.5 cm³/mol. The van der Waals surface area contributed by atoms with Crippen LogP contribution >= 0.6 is 11.6 Å². The molecule has 0 atom stereocenters. The SMILES string of the molecule is Cn1cc(CNC(=O)/C=C/c2ccc(Cl)cc2)cn1. The van der Waals surface area contributed by atoms with Gasteiger partial charge < -0.3 is 5.32 Å². The number of halogens is 1. The van der Waals surface area contributed by atoms with E-state index in [2.05, 4.69) is 10.4 Å². The van der Waals surface area contributed by atoms with Crippen LogP contribution in [-0.4, -0.2) is 15.7 Å². The summed E-state index contributed by atoms with van der Waals surface area (Å²) in [6.45, 7) is 0.470. The van der Waals surface area contributed by atoms with Crippen molar-refractivity contribution in [2.45, 2.75) is 6.54 Å². The topological polar surface area (TPSA) is 46.9 Å². The molecule has 0 radical (unpaired) electrons. The largest absolute Gasteiger partial charge is 0.348 e. The molecule has 1 N–H and O–H groups in total. The summed E-state index contributed by atoms with van der Waals surface area (Å²) in [6.07, 6.45) is 6.83. The molecule has 0 saturated heterocycles. The molecule has 1 heterocycles. The molecular weight excluding hydrogens is 262 g/mol. The van der Waals surface area contributed by atoms with Crippen LogP contribution in [0.25, 0.3) is 6.08 Å². The van der Waals surface area contributed by atoms with Crippen molar-refractivity contribution in [3.05, 3.63) is 58.9 Å². The van der Waals surface area contributed by atoms with Crippen molar-refractivity contribution in [2.24, 2.45) is 7.05 Å². The van der Waals surface area contributed by atoms with E-state index in [0.717, 1.165) is 11.1 Å². The van der Waals surface area contributed by atoms with Crippen molar-refractivity contribution in [3.8, 4) is 0 Å². The first-order valence-electron chi connectivity index (χ1n) is 5.82. The van der Waals surface area contributed by atoms with Gasteiger partial charge in [0.05, 0.1) is 6.20 Å². The maximum atomic E-state index is 11.6. The van der Waals surface area contributed by atoms with Crippen molar-refractivity contribution in [3.63, 3.8) is 0 Å². The Morgan fingerprint density at radius 1 is 1.42 bits per heavy atom. The average Bonchev–Trinajstić information content (AvgIpc) is 2.81. The molecule has 2 aromatic rings. The van der Waals surface area contributed by atoms with Crippen LogP contribution in [0, 0.1) is 0 Å². The monoisotopic (exact) mass is 275 g/mol. The number of hydrogen-bond donors (Lipinski definition) is 1. The van der Waals surface area contributed by atoms with E-state index in [1.165, 1.54) is 6.08 Å². The molecule has 0 fully saturated rings. The summed E-state index contributed by atoms with van der Waals surface area (Å²) in [5.74, 6) is -0.140. The molecule has 0 aliphatic heterocycles. The lowest BCUT2D eigenvalue weighted by Gasteiger charge is -1.99. The molecule has 1 aromatic heterocycles. The zero-order chi connectivity index (χ0) is 13.7. The zero-order valence-corrected chi connectivity index (χ0v) is 11.3. The van der Waals surface area contributed by atoms with Crippen LogP contribution in [0.2, 0.25) is 5.02 Å². The summed E-state index contributed by atoms with van der Waals surface area (Å²) in [5.41, 5.74) is 1.90. The van der Waals surface area contributed by atoms with Crippen LogP contribution < -0.4 is 5.32 Å². The van der Waals surface area contributed by atoms with Gasteiger partial charge in [0.2, 0.25) is 5.91 Å². The quantitative estimate of drug-likeness (QED) is 0.871.